The van der Waals surface area contributed by atoms with Gasteiger partial charge in [-0.25, -0.2) is 0 Å². The molecule has 2 rings (SSSR count). The molecule has 0 aromatic heterocycles. The van der Waals surface area contributed by atoms with Gasteiger partial charge >= 0.3 is 0 Å². The molecule has 1 aliphatic carbocycles. The number of ether oxygens (including phenoxy) is 1. The van der Waals surface area contributed by atoms with Crippen LogP contribution in [-0.2, 0) is 4.74 Å². The number of morpholine rings is 1. The topological polar surface area (TPSA) is 47.3 Å². The first kappa shape index (κ1) is 7.98. The van der Waals surface area contributed by atoms with Crippen LogP contribution in [0, 0.1) is 0 Å². The lowest BCUT2D eigenvalue weighted by Gasteiger charge is -2.10. The summed E-state index contributed by atoms with van der Waals surface area (Å²) in [4.78, 5) is 0. The minimum absolute atomic E-state index is 0.583. The molecule has 0 radical (unpaired) electrons. The molecule has 60 valence electrons. The van der Waals surface area contributed by atoms with E-state index >= 15 is 0 Å². The van der Waals surface area contributed by atoms with Crippen LogP contribution in [0.4, 0.5) is 0 Å². The Labute approximate surface area is 61.9 Å². The van der Waals surface area contributed by atoms with E-state index in [0.717, 1.165) is 26.3 Å². The van der Waals surface area contributed by atoms with Crippen molar-refractivity contribution in [2.45, 2.75) is 18.9 Å². The van der Waals surface area contributed by atoms with Crippen molar-refractivity contribution in [1.82, 2.24) is 5.32 Å². The zero-order valence-corrected chi connectivity index (χ0v) is 6.31. The maximum Gasteiger partial charge on any atom is 0.0591 e. The molecule has 0 spiro atoms. The smallest absolute Gasteiger partial charge is 0.0591 e. The van der Waals surface area contributed by atoms with E-state index in [0.29, 0.717) is 6.04 Å². The standard InChI is InChI=1S/C4H9NO.C3H7N/c1-3-6-4-2-5-1;4-3-1-2-3/h5H,1-4H2;3H,1-2,4H2. The molecule has 0 aromatic rings. The Kier molecular flexibility index (Phi) is 3.72. The van der Waals surface area contributed by atoms with Gasteiger partial charge in [0.2, 0.25) is 0 Å². The molecule has 3 nitrogen and oxygen atoms in total. The molecule has 0 atom stereocenters. The summed E-state index contributed by atoms with van der Waals surface area (Å²) >= 11 is 0. The maximum absolute atomic E-state index is 5.22. The van der Waals surface area contributed by atoms with Crippen LogP contribution in [-0.4, -0.2) is 32.3 Å². The molecule has 0 bridgehead atoms. The van der Waals surface area contributed by atoms with Crippen molar-refractivity contribution >= 4 is 0 Å². The number of rotatable bonds is 0. The van der Waals surface area contributed by atoms with Crippen molar-refractivity contribution in [1.29, 1.82) is 0 Å². The van der Waals surface area contributed by atoms with Crippen molar-refractivity contribution in [2.24, 2.45) is 5.73 Å². The van der Waals surface area contributed by atoms with E-state index in [1.807, 2.05) is 0 Å². The van der Waals surface area contributed by atoms with Gasteiger partial charge in [0, 0.05) is 19.1 Å². The highest BCUT2D eigenvalue weighted by molar-refractivity contribution is 4.75. The highest BCUT2D eigenvalue weighted by atomic mass is 16.5. The van der Waals surface area contributed by atoms with Gasteiger partial charge in [-0.2, -0.15) is 0 Å². The minimum Gasteiger partial charge on any atom is -0.379 e. The van der Waals surface area contributed by atoms with Crippen LogP contribution in [0.3, 0.4) is 0 Å². The first-order valence-electron chi connectivity index (χ1n) is 3.93. The van der Waals surface area contributed by atoms with Crippen LogP contribution >= 0.6 is 0 Å². The fraction of sp³-hybridized carbons (Fsp3) is 1.00. The fourth-order valence-corrected chi connectivity index (χ4v) is 0.612. The van der Waals surface area contributed by atoms with E-state index in [1.165, 1.54) is 12.8 Å². The molecule has 10 heavy (non-hydrogen) atoms. The van der Waals surface area contributed by atoms with E-state index in [1.54, 1.807) is 0 Å². The second-order valence-electron chi connectivity index (χ2n) is 2.70. The third-order valence-electron chi connectivity index (χ3n) is 1.47. The molecule has 1 saturated heterocycles. The Hall–Kier alpha value is -0.120. The molecular weight excluding hydrogens is 128 g/mol. The predicted octanol–water partition coefficient (Wildman–Crippen LogP) is -0.286. The van der Waals surface area contributed by atoms with Crippen molar-refractivity contribution in [2.75, 3.05) is 26.3 Å². The molecular formula is C7H16N2O. The van der Waals surface area contributed by atoms with Crippen LogP contribution in [0.1, 0.15) is 12.8 Å². The zero-order valence-electron chi connectivity index (χ0n) is 6.31. The van der Waals surface area contributed by atoms with Gasteiger partial charge in [-0.15, -0.1) is 0 Å². The fourth-order valence-electron chi connectivity index (χ4n) is 0.612. The average molecular weight is 144 g/mol. The normalized spacial score (nSPS) is 24.9. The van der Waals surface area contributed by atoms with E-state index in [4.69, 9.17) is 10.5 Å². The van der Waals surface area contributed by atoms with Crippen molar-refractivity contribution < 1.29 is 4.74 Å². The molecule has 1 saturated carbocycles. The van der Waals surface area contributed by atoms with Gasteiger partial charge in [-0.3, -0.25) is 0 Å². The highest BCUT2D eigenvalue weighted by Crippen LogP contribution is 2.13. The van der Waals surface area contributed by atoms with Gasteiger partial charge in [0.1, 0.15) is 0 Å². The molecule has 3 heteroatoms. The summed E-state index contributed by atoms with van der Waals surface area (Å²) in [5.41, 5.74) is 5.22. The van der Waals surface area contributed by atoms with Gasteiger partial charge in [-0.05, 0) is 12.8 Å². The summed E-state index contributed by atoms with van der Waals surface area (Å²) < 4.78 is 5.01. The molecule has 1 aliphatic heterocycles. The van der Waals surface area contributed by atoms with Crippen LogP contribution < -0.4 is 11.1 Å². The summed E-state index contributed by atoms with van der Waals surface area (Å²) in [6.07, 6.45) is 2.53. The van der Waals surface area contributed by atoms with Gasteiger partial charge in [0.15, 0.2) is 0 Å². The van der Waals surface area contributed by atoms with Crippen molar-refractivity contribution in [3.8, 4) is 0 Å². The SMILES string of the molecule is C1COCCN1.NC1CC1. The third kappa shape index (κ3) is 4.73. The highest BCUT2D eigenvalue weighted by Gasteiger charge is 2.13. The zero-order chi connectivity index (χ0) is 7.23. The van der Waals surface area contributed by atoms with Crippen molar-refractivity contribution in [3.63, 3.8) is 0 Å². The van der Waals surface area contributed by atoms with Crippen LogP contribution in [0.2, 0.25) is 0 Å². The number of hydrogen-bond donors (Lipinski definition) is 2. The second kappa shape index (κ2) is 4.66. The Morgan fingerprint density at radius 1 is 1.20 bits per heavy atom. The van der Waals surface area contributed by atoms with E-state index in [9.17, 15) is 0 Å². The van der Waals surface area contributed by atoms with Crippen LogP contribution in [0.5, 0.6) is 0 Å². The second-order valence-corrected chi connectivity index (χ2v) is 2.70. The van der Waals surface area contributed by atoms with Crippen LogP contribution in [0.15, 0.2) is 0 Å². The lowest BCUT2D eigenvalue weighted by Crippen LogP contribution is -2.30. The number of nitrogens with one attached hydrogen (secondary N) is 1. The first-order chi connectivity index (χ1) is 4.89. The van der Waals surface area contributed by atoms with Gasteiger partial charge in [-0.1, -0.05) is 0 Å². The number of nitrogens with two attached hydrogens (primary N) is 1. The molecule has 2 aliphatic rings. The minimum atomic E-state index is 0.583. The van der Waals surface area contributed by atoms with Crippen molar-refractivity contribution in [3.05, 3.63) is 0 Å². The quantitative estimate of drug-likeness (QED) is 0.491. The van der Waals surface area contributed by atoms with Crippen LogP contribution in [0.25, 0.3) is 0 Å². The summed E-state index contributed by atoms with van der Waals surface area (Å²) in [6.45, 7) is 3.83. The predicted molar refractivity (Wildman–Crippen MR) is 40.9 cm³/mol. The molecule has 0 aromatic carbocycles. The summed E-state index contributed by atoms with van der Waals surface area (Å²) in [6, 6.07) is 0.583. The van der Waals surface area contributed by atoms with Gasteiger partial charge in [0.25, 0.3) is 0 Å². The first-order valence-corrected chi connectivity index (χ1v) is 3.93. The Morgan fingerprint density at radius 2 is 1.70 bits per heavy atom. The number of hydrogen-bond acceptors (Lipinski definition) is 3. The third-order valence-corrected chi connectivity index (χ3v) is 1.47. The van der Waals surface area contributed by atoms with E-state index < -0.39 is 0 Å². The van der Waals surface area contributed by atoms with E-state index in [-0.39, 0.29) is 0 Å². The Bertz CT molecular complexity index is 68.2. The van der Waals surface area contributed by atoms with Gasteiger partial charge in [0.05, 0.1) is 13.2 Å². The Balaban J connectivity index is 0.000000108. The summed E-state index contributed by atoms with van der Waals surface area (Å²) in [7, 11) is 0. The largest absolute Gasteiger partial charge is 0.379 e. The van der Waals surface area contributed by atoms with E-state index in [2.05, 4.69) is 5.32 Å². The lowest BCUT2D eigenvalue weighted by atomic mass is 10.5. The molecule has 2 fully saturated rings. The average Bonchev–Trinajstić information content (AvgIpc) is 2.77. The molecule has 3 N–H and O–H groups in total. The molecule has 0 amide bonds. The monoisotopic (exact) mass is 144 g/mol. The maximum atomic E-state index is 5.22. The summed E-state index contributed by atoms with van der Waals surface area (Å²) in [5.74, 6) is 0. The molecule has 0 unspecified atom stereocenters. The summed E-state index contributed by atoms with van der Waals surface area (Å²) in [5, 5.41) is 3.16. The Morgan fingerprint density at radius 3 is 1.80 bits per heavy atom. The molecule has 1 heterocycles. The van der Waals surface area contributed by atoms with Gasteiger partial charge < -0.3 is 15.8 Å². The lowest BCUT2D eigenvalue weighted by molar-refractivity contribution is 0.109.